The van der Waals surface area contributed by atoms with E-state index in [4.69, 9.17) is 19.6 Å². The van der Waals surface area contributed by atoms with Gasteiger partial charge in [-0.05, 0) is 83.6 Å². The molecule has 2 aromatic carbocycles. The van der Waals surface area contributed by atoms with Crippen molar-refractivity contribution in [2.45, 2.75) is 90.5 Å². The molecule has 1 aromatic heterocycles. The van der Waals surface area contributed by atoms with Crippen LogP contribution in [0.3, 0.4) is 0 Å². The Bertz CT molecular complexity index is 1470. The molecule has 3 rings (SSSR count). The fraction of sp³-hybridized carbons (Fsp3) is 0.469. The molecule has 12 nitrogen and oxygen atoms in total. The van der Waals surface area contributed by atoms with Gasteiger partial charge in [-0.15, -0.1) is 0 Å². The molecule has 0 saturated heterocycles. The number of nitrogens with two attached hydrogens (primary N) is 1. The van der Waals surface area contributed by atoms with Crippen LogP contribution in [0.5, 0.6) is 0 Å². The van der Waals surface area contributed by atoms with Crippen molar-refractivity contribution < 1.29 is 38.2 Å². The summed E-state index contributed by atoms with van der Waals surface area (Å²) < 4.78 is 16.3. The quantitative estimate of drug-likeness (QED) is 0.232. The van der Waals surface area contributed by atoms with Crippen LogP contribution in [0.25, 0.3) is 10.8 Å². The topological polar surface area (TPSA) is 174 Å². The van der Waals surface area contributed by atoms with Gasteiger partial charge in [-0.25, -0.2) is 24.3 Å². The van der Waals surface area contributed by atoms with Crippen molar-refractivity contribution in [1.29, 1.82) is 0 Å². The van der Waals surface area contributed by atoms with E-state index in [2.05, 4.69) is 10.3 Å². The van der Waals surface area contributed by atoms with Crippen LogP contribution < -0.4 is 11.1 Å². The van der Waals surface area contributed by atoms with E-state index in [-0.39, 0.29) is 31.0 Å². The molecule has 3 aromatic rings. The molecule has 0 unspecified atom stereocenters. The maximum absolute atomic E-state index is 13.8. The Morgan fingerprint density at radius 1 is 0.977 bits per heavy atom. The minimum atomic E-state index is -1.32. The van der Waals surface area contributed by atoms with Crippen molar-refractivity contribution in [3.8, 4) is 0 Å². The van der Waals surface area contributed by atoms with E-state index in [1.54, 1.807) is 41.5 Å². The standard InChI is InChI=1S/C32H42N4O8/c1-31(2,3)43-29(40)34-17-9-12-23(33)27(37)36(30(41)44-32(4,5)6)25(26-35-24(19-42-26)28(38)39)16-14-20-13-15-21-10-7-8-11-22(21)18-20/h7-8,10-11,13,15,18-19,23,25H,9,12,14,16-17,33H2,1-6H3,(H,34,40)(H,38,39)/t23-,25-/m1/s1. The summed E-state index contributed by atoms with van der Waals surface area (Å²) in [6, 6.07) is 11.5. The summed E-state index contributed by atoms with van der Waals surface area (Å²) in [5.41, 5.74) is 5.23. The summed E-state index contributed by atoms with van der Waals surface area (Å²) in [6.45, 7) is 10.4. The predicted molar refractivity (Wildman–Crippen MR) is 163 cm³/mol. The third-order valence-corrected chi connectivity index (χ3v) is 6.36. The average molecular weight is 611 g/mol. The molecule has 0 saturated carbocycles. The number of amides is 3. The number of hydrogen-bond donors (Lipinski definition) is 3. The van der Waals surface area contributed by atoms with E-state index in [1.807, 2.05) is 42.5 Å². The van der Waals surface area contributed by atoms with Crippen molar-refractivity contribution in [2.75, 3.05) is 6.54 Å². The number of carbonyl (C=O) groups excluding carboxylic acids is 3. The first-order chi connectivity index (χ1) is 20.5. The lowest BCUT2D eigenvalue weighted by molar-refractivity contribution is -0.134. The van der Waals surface area contributed by atoms with Gasteiger partial charge in [0.25, 0.3) is 0 Å². The molecule has 0 spiro atoms. The molecule has 2 atom stereocenters. The maximum Gasteiger partial charge on any atom is 0.417 e. The highest BCUT2D eigenvalue weighted by Crippen LogP contribution is 2.30. The first-order valence-electron chi connectivity index (χ1n) is 14.5. The zero-order valence-electron chi connectivity index (χ0n) is 26.1. The first kappa shape index (κ1) is 34.0. The zero-order valence-corrected chi connectivity index (χ0v) is 26.1. The average Bonchev–Trinajstić information content (AvgIpc) is 3.41. The summed E-state index contributed by atoms with van der Waals surface area (Å²) >= 11 is 0. The van der Waals surface area contributed by atoms with Gasteiger partial charge in [0, 0.05) is 6.54 Å². The number of carboxylic acid groups (broad SMARTS) is 1. The highest BCUT2D eigenvalue weighted by atomic mass is 16.6. The largest absolute Gasteiger partial charge is 0.476 e. The number of aromatic carboxylic acids is 1. The van der Waals surface area contributed by atoms with Crippen LogP contribution in [0.1, 0.15) is 88.8 Å². The third-order valence-electron chi connectivity index (χ3n) is 6.36. The monoisotopic (exact) mass is 610 g/mol. The van der Waals surface area contributed by atoms with Crippen LogP contribution >= 0.6 is 0 Å². The summed E-state index contributed by atoms with van der Waals surface area (Å²) in [5, 5.41) is 14.2. The molecule has 0 fully saturated rings. The van der Waals surface area contributed by atoms with Crippen LogP contribution in [0.15, 0.2) is 53.1 Å². The van der Waals surface area contributed by atoms with E-state index in [0.29, 0.717) is 12.8 Å². The van der Waals surface area contributed by atoms with Crippen molar-refractivity contribution in [3.63, 3.8) is 0 Å². The van der Waals surface area contributed by atoms with Gasteiger partial charge in [0.15, 0.2) is 5.69 Å². The highest BCUT2D eigenvalue weighted by molar-refractivity contribution is 5.95. The van der Waals surface area contributed by atoms with Gasteiger partial charge in [0.1, 0.15) is 23.5 Å². The Morgan fingerprint density at radius 2 is 1.64 bits per heavy atom. The number of fused-ring (bicyclic) bond motifs is 1. The molecule has 12 heteroatoms. The summed E-state index contributed by atoms with van der Waals surface area (Å²) in [5.74, 6) is -2.21. The SMILES string of the molecule is CC(C)(C)OC(=O)NCCC[C@@H](N)C(=O)N(C(=O)OC(C)(C)C)[C@H](CCc1ccc2ccccc2c1)c1nc(C(=O)O)co1. The van der Waals surface area contributed by atoms with Crippen LogP contribution in [-0.2, 0) is 20.7 Å². The van der Waals surface area contributed by atoms with Crippen molar-refractivity contribution in [1.82, 2.24) is 15.2 Å². The van der Waals surface area contributed by atoms with E-state index in [1.165, 1.54) is 0 Å². The molecular weight excluding hydrogens is 568 g/mol. The van der Waals surface area contributed by atoms with Gasteiger partial charge in [0.2, 0.25) is 11.8 Å². The minimum Gasteiger partial charge on any atom is -0.476 e. The van der Waals surface area contributed by atoms with E-state index < -0.39 is 47.3 Å². The molecule has 0 aliphatic rings. The molecule has 0 bridgehead atoms. The number of alkyl carbamates (subject to hydrolysis) is 1. The molecule has 0 aliphatic carbocycles. The molecule has 1 heterocycles. The molecule has 3 amide bonds. The van der Waals surface area contributed by atoms with Crippen LogP contribution in [0.4, 0.5) is 9.59 Å². The minimum absolute atomic E-state index is 0.122. The number of carboxylic acids is 1. The highest BCUT2D eigenvalue weighted by Gasteiger charge is 2.39. The second kappa shape index (κ2) is 14.3. The number of carbonyl (C=O) groups is 4. The van der Waals surface area contributed by atoms with E-state index >= 15 is 0 Å². The van der Waals surface area contributed by atoms with Gasteiger partial charge in [0.05, 0.1) is 6.04 Å². The Labute approximate surface area is 256 Å². The Hall–Kier alpha value is -4.45. The molecule has 4 N–H and O–H groups in total. The molecule has 238 valence electrons. The summed E-state index contributed by atoms with van der Waals surface area (Å²) in [4.78, 5) is 55.9. The van der Waals surface area contributed by atoms with Crippen molar-refractivity contribution in [2.24, 2.45) is 5.73 Å². The lowest BCUT2D eigenvalue weighted by atomic mass is 10.00. The number of nitrogens with zero attached hydrogens (tertiary/aromatic N) is 2. The number of aromatic nitrogens is 1. The number of benzene rings is 2. The number of rotatable bonds is 11. The number of nitrogens with one attached hydrogen (secondary N) is 1. The van der Waals surface area contributed by atoms with Crippen LogP contribution in [0.2, 0.25) is 0 Å². The summed E-state index contributed by atoms with van der Waals surface area (Å²) in [6.07, 6.45) is 0.372. The molecular formula is C32H42N4O8. The number of oxazole rings is 1. The second-order valence-corrected chi connectivity index (χ2v) is 12.5. The van der Waals surface area contributed by atoms with Crippen molar-refractivity contribution >= 4 is 34.8 Å². The number of ether oxygens (including phenoxy) is 2. The number of aryl methyl sites for hydroxylation is 1. The van der Waals surface area contributed by atoms with Gasteiger partial charge in [-0.1, -0.05) is 42.5 Å². The van der Waals surface area contributed by atoms with Crippen LogP contribution in [0, 0.1) is 0 Å². The molecule has 0 aliphatic heterocycles. The third kappa shape index (κ3) is 10.1. The van der Waals surface area contributed by atoms with Crippen molar-refractivity contribution in [3.05, 3.63) is 65.9 Å². The predicted octanol–water partition coefficient (Wildman–Crippen LogP) is 5.60. The first-order valence-corrected chi connectivity index (χ1v) is 14.5. The van der Waals surface area contributed by atoms with E-state index in [9.17, 15) is 24.3 Å². The molecule has 44 heavy (non-hydrogen) atoms. The lowest BCUT2D eigenvalue weighted by Crippen LogP contribution is -2.50. The van der Waals surface area contributed by atoms with Gasteiger partial charge >= 0.3 is 18.2 Å². The fourth-order valence-electron chi connectivity index (χ4n) is 4.41. The fourth-order valence-corrected chi connectivity index (χ4v) is 4.41. The Morgan fingerprint density at radius 3 is 2.25 bits per heavy atom. The lowest BCUT2D eigenvalue weighted by Gasteiger charge is -2.32. The Kier molecular flexibility index (Phi) is 11.1. The number of imide groups is 1. The Balaban J connectivity index is 1.87. The van der Waals surface area contributed by atoms with Gasteiger partial charge in [-0.3, -0.25) is 4.79 Å². The smallest absolute Gasteiger partial charge is 0.417 e. The number of hydrogen-bond acceptors (Lipinski definition) is 9. The normalized spacial score (nSPS) is 13.2. The van der Waals surface area contributed by atoms with Gasteiger partial charge < -0.3 is 30.0 Å². The van der Waals surface area contributed by atoms with E-state index in [0.717, 1.165) is 27.5 Å². The van der Waals surface area contributed by atoms with Crippen LogP contribution in [-0.4, -0.2) is 62.8 Å². The maximum atomic E-state index is 13.8. The molecule has 0 radical (unpaired) electrons. The second-order valence-electron chi connectivity index (χ2n) is 12.5. The van der Waals surface area contributed by atoms with Gasteiger partial charge in [-0.2, -0.15) is 0 Å². The zero-order chi connectivity index (χ0) is 32.7. The summed E-state index contributed by atoms with van der Waals surface area (Å²) in [7, 11) is 0.